The lowest BCUT2D eigenvalue weighted by Crippen LogP contribution is -2.39. The molecule has 0 aliphatic rings. The van der Waals surface area contributed by atoms with E-state index in [0.29, 0.717) is 12.1 Å². The van der Waals surface area contributed by atoms with Gasteiger partial charge in [0.2, 0.25) is 0 Å². The molecule has 0 aromatic carbocycles. The van der Waals surface area contributed by atoms with Crippen LogP contribution in [0.4, 0.5) is 10.5 Å². The number of aromatic nitrogens is 1. The number of pyridine rings is 1. The maximum Gasteiger partial charge on any atom is 0.319 e. The van der Waals surface area contributed by atoms with Crippen molar-refractivity contribution in [3.05, 3.63) is 24.5 Å². The summed E-state index contributed by atoms with van der Waals surface area (Å²) in [5.41, 5.74) is 0.570. The molecule has 1 aromatic heterocycles. The first-order chi connectivity index (χ1) is 8.61. The summed E-state index contributed by atoms with van der Waals surface area (Å²) < 4.78 is 0. The number of urea groups is 1. The molecule has 18 heavy (non-hydrogen) atoms. The van der Waals surface area contributed by atoms with Crippen molar-refractivity contribution in [2.75, 3.05) is 5.32 Å². The normalized spacial score (nSPS) is 11.6. The van der Waals surface area contributed by atoms with Gasteiger partial charge in [0.1, 0.15) is 0 Å². The van der Waals surface area contributed by atoms with E-state index in [1.807, 2.05) is 6.92 Å². The second kappa shape index (κ2) is 7.26. The minimum Gasteiger partial charge on any atom is -0.481 e. The standard InChI is InChI=1S/C12H17N3O3/c1-2-4-9(7-11(16)17)14-12(18)15-10-5-3-6-13-8-10/h3,5-6,8-9H,2,4,7H2,1H3,(H,16,17)(H2,14,15,18). The van der Waals surface area contributed by atoms with E-state index in [-0.39, 0.29) is 12.5 Å². The molecule has 0 saturated carbocycles. The van der Waals surface area contributed by atoms with E-state index < -0.39 is 12.0 Å². The van der Waals surface area contributed by atoms with Gasteiger partial charge < -0.3 is 15.7 Å². The quantitative estimate of drug-likeness (QED) is 0.719. The summed E-state index contributed by atoms with van der Waals surface area (Å²) in [6.07, 6.45) is 4.49. The highest BCUT2D eigenvalue weighted by Gasteiger charge is 2.14. The topological polar surface area (TPSA) is 91.3 Å². The van der Waals surface area contributed by atoms with Gasteiger partial charge in [-0.3, -0.25) is 9.78 Å². The molecule has 1 aromatic rings. The van der Waals surface area contributed by atoms with Crippen molar-refractivity contribution in [1.82, 2.24) is 10.3 Å². The Morgan fingerprint density at radius 3 is 2.83 bits per heavy atom. The number of anilines is 1. The summed E-state index contributed by atoms with van der Waals surface area (Å²) in [5, 5.41) is 14.0. The molecule has 2 amide bonds. The van der Waals surface area contributed by atoms with Crippen molar-refractivity contribution in [2.24, 2.45) is 0 Å². The van der Waals surface area contributed by atoms with Crippen LogP contribution in [0.5, 0.6) is 0 Å². The molecule has 1 heterocycles. The van der Waals surface area contributed by atoms with Crippen LogP contribution in [-0.4, -0.2) is 28.1 Å². The Bertz CT molecular complexity index is 395. The maximum absolute atomic E-state index is 11.6. The van der Waals surface area contributed by atoms with Crippen LogP contribution >= 0.6 is 0 Å². The minimum atomic E-state index is -0.921. The minimum absolute atomic E-state index is 0.0751. The summed E-state index contributed by atoms with van der Waals surface area (Å²) in [6.45, 7) is 1.94. The predicted molar refractivity (Wildman–Crippen MR) is 67.3 cm³/mol. The lowest BCUT2D eigenvalue weighted by atomic mass is 10.1. The first-order valence-corrected chi connectivity index (χ1v) is 5.81. The van der Waals surface area contributed by atoms with Crippen LogP contribution in [-0.2, 0) is 4.79 Å². The average molecular weight is 251 g/mol. The Kier molecular flexibility index (Phi) is 5.63. The summed E-state index contributed by atoms with van der Waals surface area (Å²) in [7, 11) is 0. The molecular weight excluding hydrogens is 234 g/mol. The van der Waals surface area contributed by atoms with Gasteiger partial charge >= 0.3 is 12.0 Å². The highest BCUT2D eigenvalue weighted by Crippen LogP contribution is 2.05. The van der Waals surface area contributed by atoms with Crippen molar-refractivity contribution >= 4 is 17.7 Å². The van der Waals surface area contributed by atoms with E-state index in [0.717, 1.165) is 6.42 Å². The van der Waals surface area contributed by atoms with Gasteiger partial charge in [-0.1, -0.05) is 13.3 Å². The molecule has 1 rings (SSSR count). The van der Waals surface area contributed by atoms with Crippen LogP contribution in [0, 0.1) is 0 Å². The molecular formula is C12H17N3O3. The third-order valence-electron chi connectivity index (χ3n) is 2.31. The largest absolute Gasteiger partial charge is 0.481 e. The van der Waals surface area contributed by atoms with Gasteiger partial charge in [-0.05, 0) is 18.6 Å². The Morgan fingerprint density at radius 1 is 1.50 bits per heavy atom. The number of aliphatic carboxylic acids is 1. The van der Waals surface area contributed by atoms with E-state index in [9.17, 15) is 9.59 Å². The zero-order valence-electron chi connectivity index (χ0n) is 10.2. The zero-order chi connectivity index (χ0) is 13.4. The lowest BCUT2D eigenvalue weighted by molar-refractivity contribution is -0.137. The van der Waals surface area contributed by atoms with Gasteiger partial charge in [0.05, 0.1) is 18.3 Å². The highest BCUT2D eigenvalue weighted by molar-refractivity contribution is 5.89. The highest BCUT2D eigenvalue weighted by atomic mass is 16.4. The van der Waals surface area contributed by atoms with Gasteiger partial charge in [0.15, 0.2) is 0 Å². The van der Waals surface area contributed by atoms with Crippen LogP contribution in [0.2, 0.25) is 0 Å². The third-order valence-corrected chi connectivity index (χ3v) is 2.31. The van der Waals surface area contributed by atoms with Gasteiger partial charge in [0, 0.05) is 12.2 Å². The first kappa shape index (κ1) is 14.0. The predicted octanol–water partition coefficient (Wildman–Crippen LogP) is 1.85. The van der Waals surface area contributed by atoms with Crippen LogP contribution < -0.4 is 10.6 Å². The van der Waals surface area contributed by atoms with E-state index in [1.54, 1.807) is 18.3 Å². The molecule has 6 nitrogen and oxygen atoms in total. The van der Waals surface area contributed by atoms with Gasteiger partial charge in [0.25, 0.3) is 0 Å². The molecule has 0 radical (unpaired) electrons. The Hall–Kier alpha value is -2.11. The number of nitrogens with zero attached hydrogens (tertiary/aromatic N) is 1. The van der Waals surface area contributed by atoms with Gasteiger partial charge in [-0.25, -0.2) is 4.79 Å². The van der Waals surface area contributed by atoms with Crippen molar-refractivity contribution < 1.29 is 14.7 Å². The molecule has 6 heteroatoms. The number of amides is 2. The fourth-order valence-electron chi connectivity index (χ4n) is 1.57. The molecule has 0 aliphatic heterocycles. The monoisotopic (exact) mass is 251 g/mol. The number of hydrogen-bond donors (Lipinski definition) is 3. The van der Waals surface area contributed by atoms with E-state index in [4.69, 9.17) is 5.11 Å². The molecule has 1 unspecified atom stereocenters. The first-order valence-electron chi connectivity index (χ1n) is 5.81. The third kappa shape index (κ3) is 5.29. The molecule has 3 N–H and O–H groups in total. The molecule has 0 bridgehead atoms. The molecule has 1 atom stereocenters. The number of carboxylic acids is 1. The van der Waals surface area contributed by atoms with Crippen molar-refractivity contribution in [3.8, 4) is 0 Å². The molecule has 0 spiro atoms. The molecule has 0 fully saturated rings. The van der Waals surface area contributed by atoms with Gasteiger partial charge in [-0.15, -0.1) is 0 Å². The second-order valence-corrected chi connectivity index (χ2v) is 3.92. The number of carbonyl (C=O) groups is 2. The van der Waals surface area contributed by atoms with Crippen LogP contribution in [0.15, 0.2) is 24.5 Å². The fraction of sp³-hybridized carbons (Fsp3) is 0.417. The van der Waals surface area contributed by atoms with Crippen LogP contribution in [0.3, 0.4) is 0 Å². The smallest absolute Gasteiger partial charge is 0.319 e. The SMILES string of the molecule is CCCC(CC(=O)O)NC(=O)Nc1cccnc1. The second-order valence-electron chi connectivity index (χ2n) is 3.92. The summed E-state index contributed by atoms with van der Waals surface area (Å²) in [4.78, 5) is 26.1. The number of carboxylic acid groups (broad SMARTS) is 1. The van der Waals surface area contributed by atoms with Crippen molar-refractivity contribution in [1.29, 1.82) is 0 Å². The van der Waals surface area contributed by atoms with E-state index in [1.165, 1.54) is 6.20 Å². The van der Waals surface area contributed by atoms with E-state index in [2.05, 4.69) is 15.6 Å². The van der Waals surface area contributed by atoms with Crippen molar-refractivity contribution in [2.45, 2.75) is 32.2 Å². The number of nitrogens with one attached hydrogen (secondary N) is 2. The Labute approximate surface area is 105 Å². The zero-order valence-corrected chi connectivity index (χ0v) is 10.2. The summed E-state index contributed by atoms with van der Waals surface area (Å²) in [6, 6.07) is 2.64. The number of hydrogen-bond acceptors (Lipinski definition) is 3. The van der Waals surface area contributed by atoms with Crippen LogP contribution in [0.25, 0.3) is 0 Å². The molecule has 98 valence electrons. The summed E-state index contributed by atoms with van der Waals surface area (Å²) >= 11 is 0. The maximum atomic E-state index is 11.6. The van der Waals surface area contributed by atoms with Crippen LogP contribution in [0.1, 0.15) is 26.2 Å². The number of carbonyl (C=O) groups excluding carboxylic acids is 1. The lowest BCUT2D eigenvalue weighted by Gasteiger charge is -2.16. The Morgan fingerprint density at radius 2 is 2.28 bits per heavy atom. The van der Waals surface area contributed by atoms with E-state index >= 15 is 0 Å². The van der Waals surface area contributed by atoms with Gasteiger partial charge in [-0.2, -0.15) is 0 Å². The number of rotatable bonds is 6. The average Bonchev–Trinajstić information content (AvgIpc) is 2.29. The molecule has 0 saturated heterocycles. The summed E-state index contributed by atoms with van der Waals surface area (Å²) in [5.74, 6) is -0.921. The van der Waals surface area contributed by atoms with Crippen molar-refractivity contribution in [3.63, 3.8) is 0 Å². The molecule has 0 aliphatic carbocycles. The fourth-order valence-corrected chi connectivity index (χ4v) is 1.57. The Balaban J connectivity index is 2.48.